The Balaban J connectivity index is 2.41. The molecular weight excluding hydrogens is 933 g/mol. The van der Waals surface area contributed by atoms with Crippen LogP contribution in [0.15, 0.2) is 134 Å². The third-order valence-electron chi connectivity index (χ3n) is 11.3. The maximum Gasteiger partial charge on any atom is 0.397 e. The van der Waals surface area contributed by atoms with Gasteiger partial charge in [0.2, 0.25) is 0 Å². The number of aliphatic hydroxyl groups excluding tert-OH is 3. The van der Waals surface area contributed by atoms with Gasteiger partial charge in [-0.25, -0.2) is 4.18 Å². The molecule has 12 nitrogen and oxygen atoms in total. The Labute approximate surface area is 435 Å². The van der Waals surface area contributed by atoms with Crippen LogP contribution in [-0.2, 0) is 38.3 Å². The molecule has 1 rings (SSSR count). The van der Waals surface area contributed by atoms with Gasteiger partial charge in [0.15, 0.2) is 6.29 Å². The fraction of sp³-hybridized carbons (Fsp3) is 0.610. The van der Waals surface area contributed by atoms with Crippen LogP contribution in [0.3, 0.4) is 0 Å². The third-order valence-corrected chi connectivity index (χ3v) is 11.7. The summed E-state index contributed by atoms with van der Waals surface area (Å²) in [7, 11) is -5.08. The molecule has 0 aromatic rings. The number of carbonyl (C=O) groups is 1. The summed E-state index contributed by atoms with van der Waals surface area (Å²) in [6, 6.07) is 0. The van der Waals surface area contributed by atoms with Gasteiger partial charge in [0.25, 0.3) is 0 Å². The van der Waals surface area contributed by atoms with E-state index < -0.39 is 59.8 Å². The molecule has 0 amide bonds. The molecule has 1 saturated heterocycles. The molecule has 0 bridgehead atoms. The summed E-state index contributed by atoms with van der Waals surface area (Å²) in [6.07, 6.45) is 62.0. The lowest BCUT2D eigenvalue weighted by Gasteiger charge is -2.41. The first-order valence-corrected chi connectivity index (χ1v) is 28.3. The average molecular weight is 1030 g/mol. The van der Waals surface area contributed by atoms with Crippen LogP contribution in [0.1, 0.15) is 168 Å². The second kappa shape index (κ2) is 48.2. The summed E-state index contributed by atoms with van der Waals surface area (Å²) in [5.74, 6) is -0.464. The number of unbranched alkanes of at least 4 members (excludes halogenated alkanes) is 10. The number of hydrogen-bond donors (Lipinski definition) is 4. The molecule has 0 spiro atoms. The summed E-state index contributed by atoms with van der Waals surface area (Å²) in [4.78, 5) is 12.9. The number of allylic oxidation sites excluding steroid dienone is 22. The number of rotatable bonds is 45. The van der Waals surface area contributed by atoms with Crippen molar-refractivity contribution in [2.45, 2.75) is 205 Å². The van der Waals surface area contributed by atoms with Gasteiger partial charge < -0.3 is 34.3 Å². The monoisotopic (exact) mass is 1030 g/mol. The number of ether oxygens (including phenoxy) is 4. The zero-order valence-corrected chi connectivity index (χ0v) is 44.7. The van der Waals surface area contributed by atoms with Crippen LogP contribution in [0.5, 0.6) is 0 Å². The quantitative estimate of drug-likeness (QED) is 0.0197. The van der Waals surface area contributed by atoms with Crippen LogP contribution in [-0.4, -0.2) is 97.5 Å². The maximum atomic E-state index is 12.9. The average Bonchev–Trinajstić information content (AvgIpc) is 3.36. The molecule has 6 unspecified atom stereocenters. The van der Waals surface area contributed by atoms with Gasteiger partial charge in [0, 0.05) is 13.0 Å². The van der Waals surface area contributed by atoms with Gasteiger partial charge in [-0.2, -0.15) is 8.42 Å². The van der Waals surface area contributed by atoms with Crippen LogP contribution < -0.4 is 0 Å². The molecule has 0 radical (unpaired) electrons. The fourth-order valence-corrected chi connectivity index (χ4v) is 7.81. The molecule has 72 heavy (non-hydrogen) atoms. The van der Waals surface area contributed by atoms with E-state index in [1.807, 2.05) is 6.08 Å². The van der Waals surface area contributed by atoms with Crippen molar-refractivity contribution in [1.82, 2.24) is 0 Å². The largest absolute Gasteiger partial charge is 0.457 e. The van der Waals surface area contributed by atoms with Crippen molar-refractivity contribution in [2.24, 2.45) is 0 Å². The number of aliphatic hydroxyl groups is 3. The molecule has 1 aliphatic rings. The summed E-state index contributed by atoms with van der Waals surface area (Å²) in [5, 5.41) is 30.8. The normalized spacial score (nSPS) is 20.0. The van der Waals surface area contributed by atoms with E-state index in [-0.39, 0.29) is 19.6 Å². The number of carbonyl (C=O) groups excluding carboxylic acids is 1. The van der Waals surface area contributed by atoms with Gasteiger partial charge in [-0.05, 0) is 103 Å². The molecule has 1 heterocycles. The minimum atomic E-state index is -5.08. The highest BCUT2D eigenvalue weighted by molar-refractivity contribution is 7.80. The van der Waals surface area contributed by atoms with E-state index in [1.54, 1.807) is 0 Å². The van der Waals surface area contributed by atoms with Crippen LogP contribution in [0.4, 0.5) is 0 Å². The van der Waals surface area contributed by atoms with Crippen molar-refractivity contribution in [2.75, 3.05) is 26.4 Å². The Bertz CT molecular complexity index is 1760. The van der Waals surface area contributed by atoms with Gasteiger partial charge in [-0.15, -0.1) is 0 Å². The second-order valence-electron chi connectivity index (χ2n) is 17.7. The zero-order valence-electron chi connectivity index (χ0n) is 43.9. The Hall–Kier alpha value is -3.76. The van der Waals surface area contributed by atoms with E-state index in [0.717, 1.165) is 103 Å². The van der Waals surface area contributed by atoms with Gasteiger partial charge in [-0.3, -0.25) is 9.35 Å². The molecule has 0 saturated carbocycles. The van der Waals surface area contributed by atoms with Gasteiger partial charge in [-0.1, -0.05) is 192 Å². The van der Waals surface area contributed by atoms with Crippen LogP contribution >= 0.6 is 0 Å². The number of esters is 1. The lowest BCUT2D eigenvalue weighted by Crippen LogP contribution is -2.60. The van der Waals surface area contributed by atoms with E-state index in [0.29, 0.717) is 19.4 Å². The van der Waals surface area contributed by atoms with Gasteiger partial charge in [0.1, 0.15) is 30.5 Å². The lowest BCUT2D eigenvalue weighted by molar-refractivity contribution is -0.301. The first-order chi connectivity index (χ1) is 35.1. The first kappa shape index (κ1) is 66.3. The van der Waals surface area contributed by atoms with Crippen molar-refractivity contribution >= 4 is 16.4 Å². The highest BCUT2D eigenvalue weighted by Crippen LogP contribution is 2.26. The van der Waals surface area contributed by atoms with Gasteiger partial charge >= 0.3 is 16.4 Å². The SMILES string of the molecule is CC/C=C\C/C=C\C/C=C\C/C=C\C/C=C\C/C=C\C/C=C\CCCC(=O)OC(COCCCCCCCCCCC/C=C\C/C=C\C/C=C\C/C=C\CC)COC1OC(CO)C(O)C(OS(=O)(=O)O)C1O. The molecule has 4 N–H and O–H groups in total. The minimum Gasteiger partial charge on any atom is -0.457 e. The zero-order chi connectivity index (χ0) is 52.4. The van der Waals surface area contributed by atoms with E-state index in [4.69, 9.17) is 18.9 Å². The summed E-state index contributed by atoms with van der Waals surface area (Å²) in [6.45, 7) is 3.66. The second-order valence-corrected chi connectivity index (χ2v) is 18.7. The van der Waals surface area contributed by atoms with E-state index in [9.17, 15) is 33.1 Å². The van der Waals surface area contributed by atoms with Crippen LogP contribution in [0, 0.1) is 0 Å². The summed E-state index contributed by atoms with van der Waals surface area (Å²) in [5.41, 5.74) is 0. The topological polar surface area (TPSA) is 178 Å². The van der Waals surface area contributed by atoms with Crippen molar-refractivity contribution in [3.8, 4) is 0 Å². The van der Waals surface area contributed by atoms with Crippen molar-refractivity contribution in [3.05, 3.63) is 134 Å². The Morgan fingerprint density at radius 1 is 0.528 bits per heavy atom. The lowest BCUT2D eigenvalue weighted by atomic mass is 9.99. The smallest absolute Gasteiger partial charge is 0.397 e. The summed E-state index contributed by atoms with van der Waals surface area (Å²) >= 11 is 0. The minimum absolute atomic E-state index is 0.00166. The summed E-state index contributed by atoms with van der Waals surface area (Å²) < 4.78 is 59.3. The molecule has 0 aromatic carbocycles. The molecule has 0 aromatic heterocycles. The van der Waals surface area contributed by atoms with Gasteiger partial charge in [0.05, 0.1) is 19.8 Å². The molecule has 408 valence electrons. The molecule has 0 aliphatic carbocycles. The van der Waals surface area contributed by atoms with E-state index >= 15 is 0 Å². The predicted octanol–water partition coefficient (Wildman–Crippen LogP) is 13.1. The highest BCUT2D eigenvalue weighted by Gasteiger charge is 2.48. The molecular formula is C59H94O12S. The molecule has 1 aliphatic heterocycles. The van der Waals surface area contributed by atoms with Crippen molar-refractivity contribution in [3.63, 3.8) is 0 Å². The molecule has 13 heteroatoms. The predicted molar refractivity (Wildman–Crippen MR) is 294 cm³/mol. The Morgan fingerprint density at radius 3 is 1.33 bits per heavy atom. The Kier molecular flexibility index (Phi) is 44.4. The van der Waals surface area contributed by atoms with E-state index in [2.05, 4.69) is 146 Å². The van der Waals surface area contributed by atoms with Crippen LogP contribution in [0.25, 0.3) is 0 Å². The molecule has 1 fully saturated rings. The van der Waals surface area contributed by atoms with Crippen LogP contribution in [0.2, 0.25) is 0 Å². The van der Waals surface area contributed by atoms with E-state index in [1.165, 1.54) is 32.1 Å². The molecule has 6 atom stereocenters. The number of hydrogen-bond acceptors (Lipinski definition) is 11. The maximum absolute atomic E-state index is 12.9. The third kappa shape index (κ3) is 40.7. The fourth-order valence-electron chi connectivity index (χ4n) is 7.30. The first-order valence-electron chi connectivity index (χ1n) is 26.9. The standard InChI is InChI=1S/C59H94O12S/c1-3-5-7-9-11-13-15-17-19-21-23-25-27-28-30-32-34-36-38-40-42-44-46-48-55(61)69-53(52-68-59-57(63)58(71-72(64,65)66)56(62)54(50-60)70-59)51-67-49-47-45-43-41-39-37-35-33-31-29-26-24-22-20-18-16-14-12-10-8-6-4-2/h5-8,11-14,17-20,23-26,28,30,34,36,40,42,53-54,56-60,62-63H,3-4,9-10,15-16,21-22,27,29,31-33,35,37-39,41,43-52H2,1-2H3,(H,64,65,66)/b7-5-,8-6-,13-11-,14-12-,19-17-,20-18-,25-23-,26-24-,30-28-,36-34-,42-40-. The highest BCUT2D eigenvalue weighted by atomic mass is 32.3. The Morgan fingerprint density at radius 2 is 0.917 bits per heavy atom. The van der Waals surface area contributed by atoms with Crippen molar-refractivity contribution in [1.29, 1.82) is 0 Å². The van der Waals surface area contributed by atoms with Crippen molar-refractivity contribution < 1.29 is 56.2 Å².